The Kier molecular flexibility index (Phi) is 3.49. The summed E-state index contributed by atoms with van der Waals surface area (Å²) in [4.78, 5) is 14.3. The van der Waals surface area contributed by atoms with Gasteiger partial charge in [-0.15, -0.1) is 0 Å². The van der Waals surface area contributed by atoms with Gasteiger partial charge in [-0.05, 0) is 39.3 Å². The first-order valence-corrected chi connectivity index (χ1v) is 6.21. The molecule has 2 heterocycles. The number of hydrogen-bond acceptors (Lipinski definition) is 4. The summed E-state index contributed by atoms with van der Waals surface area (Å²) in [7, 11) is -0.839. The van der Waals surface area contributed by atoms with Crippen molar-refractivity contribution in [2.45, 2.75) is 45.3 Å². The van der Waals surface area contributed by atoms with Gasteiger partial charge in [0.1, 0.15) is 6.29 Å². The predicted octanol–water partition coefficient (Wildman–Crippen LogP) is 1.26. The quantitative estimate of drug-likeness (QED) is 0.469. The van der Waals surface area contributed by atoms with Gasteiger partial charge in [-0.2, -0.15) is 4.39 Å². The second-order valence-corrected chi connectivity index (χ2v) is 5.63. The number of carbonyl (C=O) groups is 1. The van der Waals surface area contributed by atoms with Crippen molar-refractivity contribution in [2.24, 2.45) is 0 Å². The standard InChI is InChI=1S/C13H17BFNO3/c1-12(2)13(3,4)19-14(18-12)10-9(6-8-17)5-7-16-11(10)15/h5,7-8H,6H2,1-4H3. The molecule has 1 saturated heterocycles. The smallest absolute Gasteiger partial charge is 0.399 e. The molecule has 1 fully saturated rings. The lowest BCUT2D eigenvalue weighted by Gasteiger charge is -2.32. The number of nitrogens with zero attached hydrogens (tertiary/aromatic N) is 1. The number of aldehydes is 1. The highest BCUT2D eigenvalue weighted by Gasteiger charge is 2.53. The third-order valence-electron chi connectivity index (χ3n) is 3.82. The molecular weight excluding hydrogens is 248 g/mol. The van der Waals surface area contributed by atoms with Crippen molar-refractivity contribution in [3.63, 3.8) is 0 Å². The van der Waals surface area contributed by atoms with E-state index in [1.165, 1.54) is 6.20 Å². The van der Waals surface area contributed by atoms with Crippen molar-refractivity contribution in [3.05, 3.63) is 23.8 Å². The Morgan fingerprint density at radius 2 is 1.89 bits per heavy atom. The molecule has 4 nitrogen and oxygen atoms in total. The summed E-state index contributed by atoms with van der Waals surface area (Å²) in [6.45, 7) is 7.56. The molecule has 0 amide bonds. The molecule has 0 unspecified atom stereocenters. The molecule has 6 heteroatoms. The fraction of sp³-hybridized carbons (Fsp3) is 0.538. The summed E-state index contributed by atoms with van der Waals surface area (Å²) < 4.78 is 25.5. The van der Waals surface area contributed by atoms with Crippen molar-refractivity contribution in [2.75, 3.05) is 0 Å². The molecule has 0 saturated carbocycles. The topological polar surface area (TPSA) is 48.4 Å². The van der Waals surface area contributed by atoms with E-state index in [1.54, 1.807) is 6.07 Å². The van der Waals surface area contributed by atoms with Crippen LogP contribution in [0.1, 0.15) is 33.3 Å². The zero-order valence-corrected chi connectivity index (χ0v) is 11.6. The Morgan fingerprint density at radius 1 is 1.32 bits per heavy atom. The van der Waals surface area contributed by atoms with Crippen LogP contribution < -0.4 is 5.46 Å². The van der Waals surface area contributed by atoms with Crippen LogP contribution in [-0.4, -0.2) is 29.6 Å². The Balaban J connectivity index is 2.41. The van der Waals surface area contributed by atoms with Gasteiger partial charge in [-0.3, -0.25) is 0 Å². The van der Waals surface area contributed by atoms with Gasteiger partial charge in [0.15, 0.2) is 0 Å². The van der Waals surface area contributed by atoms with E-state index in [-0.39, 0.29) is 11.9 Å². The van der Waals surface area contributed by atoms with E-state index in [1.807, 2.05) is 27.7 Å². The minimum Gasteiger partial charge on any atom is -0.399 e. The van der Waals surface area contributed by atoms with Crippen molar-refractivity contribution in [1.82, 2.24) is 4.98 Å². The number of aromatic nitrogens is 1. The van der Waals surface area contributed by atoms with Crippen LogP contribution in [0.3, 0.4) is 0 Å². The van der Waals surface area contributed by atoms with Gasteiger partial charge in [-0.25, -0.2) is 4.98 Å². The van der Waals surface area contributed by atoms with Gasteiger partial charge < -0.3 is 14.1 Å². The van der Waals surface area contributed by atoms with Crippen molar-refractivity contribution >= 4 is 18.9 Å². The second-order valence-electron chi connectivity index (χ2n) is 5.63. The molecule has 1 aromatic heterocycles. The molecule has 1 aromatic rings. The van der Waals surface area contributed by atoms with Gasteiger partial charge in [-0.1, -0.05) is 0 Å². The molecule has 2 rings (SSSR count). The SMILES string of the molecule is CC1(C)OB(c2c(CC=O)ccnc2F)OC1(C)C. The van der Waals surface area contributed by atoms with E-state index in [0.29, 0.717) is 5.56 Å². The first-order chi connectivity index (χ1) is 8.78. The average Bonchev–Trinajstić information content (AvgIpc) is 2.48. The van der Waals surface area contributed by atoms with E-state index >= 15 is 0 Å². The summed E-state index contributed by atoms with van der Waals surface area (Å²) >= 11 is 0. The highest BCUT2D eigenvalue weighted by atomic mass is 19.1. The van der Waals surface area contributed by atoms with Crippen LogP contribution in [0.4, 0.5) is 4.39 Å². The fourth-order valence-electron chi connectivity index (χ4n) is 1.96. The van der Waals surface area contributed by atoms with E-state index in [0.717, 1.165) is 6.29 Å². The van der Waals surface area contributed by atoms with Gasteiger partial charge in [0.2, 0.25) is 5.95 Å². The third-order valence-corrected chi connectivity index (χ3v) is 3.82. The van der Waals surface area contributed by atoms with E-state index in [4.69, 9.17) is 9.31 Å². The van der Waals surface area contributed by atoms with Crippen LogP contribution in [0.2, 0.25) is 0 Å². The number of halogens is 1. The number of rotatable bonds is 3. The molecule has 0 N–H and O–H groups in total. The average molecular weight is 265 g/mol. The molecule has 1 aliphatic heterocycles. The number of pyridine rings is 1. The van der Waals surface area contributed by atoms with E-state index < -0.39 is 24.3 Å². The summed E-state index contributed by atoms with van der Waals surface area (Å²) in [5, 5.41) is 0. The zero-order chi connectivity index (χ0) is 14.3. The maximum atomic E-state index is 13.9. The van der Waals surface area contributed by atoms with Crippen LogP contribution in [-0.2, 0) is 20.5 Å². The number of carbonyl (C=O) groups excluding carboxylic acids is 1. The molecule has 0 bridgehead atoms. The summed E-state index contributed by atoms with van der Waals surface area (Å²) in [5.41, 5.74) is -0.356. The Hall–Kier alpha value is -1.27. The number of hydrogen-bond donors (Lipinski definition) is 0. The zero-order valence-electron chi connectivity index (χ0n) is 11.6. The van der Waals surface area contributed by atoms with Gasteiger partial charge in [0.25, 0.3) is 0 Å². The van der Waals surface area contributed by atoms with Gasteiger partial charge in [0.05, 0.1) is 11.2 Å². The lowest BCUT2D eigenvalue weighted by molar-refractivity contribution is -0.107. The molecule has 0 spiro atoms. The molecule has 1 aliphatic rings. The largest absolute Gasteiger partial charge is 0.499 e. The molecule has 19 heavy (non-hydrogen) atoms. The Labute approximate surface area is 112 Å². The maximum Gasteiger partial charge on any atom is 0.499 e. The first-order valence-electron chi connectivity index (χ1n) is 6.21. The molecule has 0 radical (unpaired) electrons. The van der Waals surface area contributed by atoms with Crippen molar-refractivity contribution < 1.29 is 18.5 Å². The lowest BCUT2D eigenvalue weighted by Crippen LogP contribution is -2.41. The van der Waals surface area contributed by atoms with E-state index in [2.05, 4.69) is 4.98 Å². The van der Waals surface area contributed by atoms with Gasteiger partial charge in [0, 0.05) is 18.1 Å². The normalized spacial score (nSPS) is 20.6. The Morgan fingerprint density at radius 3 is 2.42 bits per heavy atom. The maximum absolute atomic E-state index is 13.9. The molecule has 0 aromatic carbocycles. The third kappa shape index (κ3) is 2.42. The minimum atomic E-state index is -0.839. The van der Waals surface area contributed by atoms with Crippen LogP contribution in [0.25, 0.3) is 0 Å². The summed E-state index contributed by atoms with van der Waals surface area (Å²) in [5.74, 6) is -0.655. The molecule has 0 atom stereocenters. The van der Waals surface area contributed by atoms with E-state index in [9.17, 15) is 9.18 Å². The van der Waals surface area contributed by atoms with Crippen molar-refractivity contribution in [3.8, 4) is 0 Å². The van der Waals surface area contributed by atoms with Crippen LogP contribution in [0, 0.1) is 5.95 Å². The lowest BCUT2D eigenvalue weighted by atomic mass is 9.76. The Bertz CT molecular complexity index is 489. The second kappa shape index (κ2) is 4.69. The fourth-order valence-corrected chi connectivity index (χ4v) is 1.96. The van der Waals surface area contributed by atoms with Crippen molar-refractivity contribution in [1.29, 1.82) is 0 Å². The minimum absolute atomic E-state index is 0.110. The monoisotopic (exact) mass is 265 g/mol. The van der Waals surface area contributed by atoms with Crippen LogP contribution in [0.5, 0.6) is 0 Å². The highest BCUT2D eigenvalue weighted by Crippen LogP contribution is 2.36. The first kappa shape index (κ1) is 14.2. The van der Waals surface area contributed by atoms with Crippen LogP contribution >= 0.6 is 0 Å². The molecule has 102 valence electrons. The molecular formula is C13H17BFNO3. The summed E-state index contributed by atoms with van der Waals surface area (Å²) in [6.07, 6.45) is 2.17. The summed E-state index contributed by atoms with van der Waals surface area (Å²) in [6, 6.07) is 1.61. The predicted molar refractivity (Wildman–Crippen MR) is 69.7 cm³/mol. The van der Waals surface area contributed by atoms with Gasteiger partial charge >= 0.3 is 7.12 Å². The highest BCUT2D eigenvalue weighted by molar-refractivity contribution is 6.62. The molecule has 0 aliphatic carbocycles. The van der Waals surface area contributed by atoms with Crippen LogP contribution in [0.15, 0.2) is 12.3 Å².